The van der Waals surface area contributed by atoms with E-state index < -0.39 is 39.4 Å². The fourth-order valence-electron chi connectivity index (χ4n) is 8.77. The molecule has 0 N–H and O–H groups in total. The molecule has 0 aromatic heterocycles. The summed E-state index contributed by atoms with van der Waals surface area (Å²) in [7, 11) is 0. The highest BCUT2D eigenvalue weighted by atomic mass is 16.6. The second-order valence-electron chi connectivity index (χ2n) is 13.4. The third kappa shape index (κ3) is 3.93. The van der Waals surface area contributed by atoms with E-state index in [1.165, 1.54) is 12.1 Å². The van der Waals surface area contributed by atoms with E-state index >= 15 is 14.4 Å². The number of ketones is 1. The molecule has 1 saturated carbocycles. The van der Waals surface area contributed by atoms with Crippen LogP contribution in [0.2, 0.25) is 0 Å². The van der Waals surface area contributed by atoms with Crippen molar-refractivity contribution in [1.82, 2.24) is 0 Å². The van der Waals surface area contributed by atoms with Crippen molar-refractivity contribution in [1.29, 1.82) is 0 Å². The number of fused-ring (bicyclic) bond motifs is 5. The Balaban J connectivity index is 1.55. The van der Waals surface area contributed by atoms with Gasteiger partial charge in [0.05, 0.1) is 27.6 Å². The van der Waals surface area contributed by atoms with Crippen LogP contribution in [0.3, 0.4) is 0 Å². The monoisotopic (exact) mass is 644 g/mol. The van der Waals surface area contributed by atoms with Crippen LogP contribution in [0.5, 0.6) is 0 Å². The molecule has 4 atom stereocenters. The maximum Gasteiger partial charge on any atom is 0.293 e. The highest BCUT2D eigenvalue weighted by molar-refractivity contribution is 6.39. The molecule has 1 saturated heterocycles. The molecule has 0 spiro atoms. The molecular weight excluding hydrogens is 612 g/mol. The zero-order valence-corrected chi connectivity index (χ0v) is 27.2. The quantitative estimate of drug-likeness (QED) is 0.107. The van der Waals surface area contributed by atoms with Crippen LogP contribution >= 0.6 is 0 Å². The van der Waals surface area contributed by atoms with Gasteiger partial charge in [-0.15, -0.1) is 0 Å². The molecule has 5 aromatic rings. The molecule has 2 amide bonds. The molecular formula is C42H32N2O5. The Labute approximate surface area is 283 Å². The van der Waals surface area contributed by atoms with Gasteiger partial charge >= 0.3 is 0 Å². The van der Waals surface area contributed by atoms with E-state index in [0.29, 0.717) is 27.8 Å². The largest absolute Gasteiger partial charge is 0.297 e. The first-order chi connectivity index (χ1) is 23.6. The van der Waals surface area contributed by atoms with Gasteiger partial charge in [-0.05, 0) is 65.8 Å². The van der Waals surface area contributed by atoms with E-state index in [0.717, 1.165) is 27.2 Å². The number of Topliss-reactive ketones (excluding diaryl/α,β-unsaturated/α-hetero) is 1. The van der Waals surface area contributed by atoms with Gasteiger partial charge in [0.15, 0.2) is 5.78 Å². The third-order valence-electron chi connectivity index (χ3n) is 10.7. The molecule has 2 aliphatic carbocycles. The van der Waals surface area contributed by atoms with Gasteiger partial charge in [0.1, 0.15) is 5.69 Å². The highest BCUT2D eigenvalue weighted by Crippen LogP contribution is 2.74. The molecule has 7 heteroatoms. The highest BCUT2D eigenvalue weighted by Gasteiger charge is 2.83. The maximum atomic E-state index is 16.0. The predicted molar refractivity (Wildman–Crippen MR) is 188 cm³/mol. The number of rotatable bonds is 6. The topological polar surface area (TPSA) is 97.6 Å². The summed E-state index contributed by atoms with van der Waals surface area (Å²) in [6.45, 7) is 5.70. The molecule has 7 nitrogen and oxygen atoms in total. The number of anilines is 1. The summed E-state index contributed by atoms with van der Waals surface area (Å²) in [5.74, 6) is -3.81. The van der Waals surface area contributed by atoms with E-state index in [4.69, 9.17) is 0 Å². The van der Waals surface area contributed by atoms with Gasteiger partial charge in [0.25, 0.3) is 5.69 Å². The van der Waals surface area contributed by atoms with Crippen molar-refractivity contribution in [2.45, 2.75) is 31.6 Å². The lowest BCUT2D eigenvalue weighted by Crippen LogP contribution is -2.45. The number of aryl methyl sites for hydroxylation is 3. The number of nitro benzene ring substituents is 1. The van der Waals surface area contributed by atoms with Crippen LogP contribution in [-0.2, 0) is 25.2 Å². The van der Waals surface area contributed by atoms with Crippen molar-refractivity contribution in [3.05, 3.63) is 176 Å². The molecule has 1 aliphatic heterocycles. The molecule has 0 unspecified atom stereocenters. The number of hydrogen-bond donors (Lipinski definition) is 0. The summed E-state index contributed by atoms with van der Waals surface area (Å²) in [5, 5.41) is 12.4. The maximum absolute atomic E-state index is 16.0. The Hall–Kier alpha value is -5.95. The number of nitro groups is 1. The standard InChI is InChI=1S/C42H32N2O5/c1-25-14-19-28(20-15-25)34-35(29-21-16-26(2)17-22-29)42(31-12-8-5-9-13-31)37-36(41(34,40(42)47)30-10-6-4-7-11-30)38(45)43(39(37)46)32-23-18-27(3)24-33(32)44(48)49/h4-24,36-37H,1-3H3/t36-,37+,41-,42-/m1/s1. The van der Waals surface area contributed by atoms with Gasteiger partial charge in [0.2, 0.25) is 11.8 Å². The van der Waals surface area contributed by atoms with Crippen molar-refractivity contribution in [2.24, 2.45) is 11.8 Å². The van der Waals surface area contributed by atoms with Crippen molar-refractivity contribution in [3.8, 4) is 0 Å². The minimum absolute atomic E-state index is 0.0907. The normalized spacial score (nSPS) is 24.1. The molecule has 3 aliphatic rings. The number of allylic oxidation sites excluding steroid dienone is 2. The minimum Gasteiger partial charge on any atom is -0.297 e. The van der Waals surface area contributed by atoms with E-state index in [9.17, 15) is 10.1 Å². The van der Waals surface area contributed by atoms with E-state index in [1.54, 1.807) is 13.0 Å². The Morgan fingerprint density at radius 1 is 0.571 bits per heavy atom. The molecule has 49 heavy (non-hydrogen) atoms. The lowest BCUT2D eigenvalue weighted by atomic mass is 9.59. The smallest absolute Gasteiger partial charge is 0.293 e. The van der Waals surface area contributed by atoms with E-state index in [-0.39, 0.29) is 17.2 Å². The average molecular weight is 645 g/mol. The van der Waals surface area contributed by atoms with Crippen LogP contribution in [0.15, 0.2) is 127 Å². The molecule has 2 bridgehead atoms. The van der Waals surface area contributed by atoms with Gasteiger partial charge in [-0.3, -0.25) is 24.5 Å². The lowest BCUT2D eigenvalue weighted by Gasteiger charge is -2.39. The van der Waals surface area contributed by atoms with Crippen LogP contribution in [0.1, 0.15) is 38.9 Å². The minimum atomic E-state index is -1.59. The number of imide groups is 1. The fourth-order valence-corrected chi connectivity index (χ4v) is 8.77. The first-order valence-corrected chi connectivity index (χ1v) is 16.3. The number of hydrogen-bond acceptors (Lipinski definition) is 5. The molecule has 240 valence electrons. The second kappa shape index (κ2) is 10.8. The summed E-state index contributed by atoms with van der Waals surface area (Å²) in [4.78, 5) is 59.1. The molecule has 8 rings (SSSR count). The molecule has 1 heterocycles. The van der Waals surface area contributed by atoms with Gasteiger partial charge in [-0.1, -0.05) is 126 Å². The number of carbonyl (C=O) groups excluding carboxylic acids is 3. The summed E-state index contributed by atoms with van der Waals surface area (Å²) in [5.41, 5.74) is 3.20. The molecule has 5 aromatic carbocycles. The average Bonchev–Trinajstić information content (AvgIpc) is 3.62. The Morgan fingerprint density at radius 2 is 0.980 bits per heavy atom. The van der Waals surface area contributed by atoms with E-state index in [1.807, 2.05) is 123 Å². The first kappa shape index (κ1) is 30.4. The van der Waals surface area contributed by atoms with Crippen LogP contribution in [0, 0.1) is 42.7 Å². The second-order valence-corrected chi connectivity index (χ2v) is 13.4. The van der Waals surface area contributed by atoms with E-state index in [2.05, 4.69) is 0 Å². The summed E-state index contributed by atoms with van der Waals surface area (Å²) < 4.78 is 0. The van der Waals surface area contributed by atoms with Gasteiger partial charge < -0.3 is 0 Å². The number of nitrogens with zero attached hydrogens (tertiary/aromatic N) is 2. The van der Waals surface area contributed by atoms with Crippen LogP contribution in [0.4, 0.5) is 11.4 Å². The summed E-state index contributed by atoms with van der Waals surface area (Å²) >= 11 is 0. The van der Waals surface area contributed by atoms with Crippen molar-refractivity contribution >= 4 is 40.1 Å². The Kier molecular flexibility index (Phi) is 6.69. The summed E-state index contributed by atoms with van der Waals surface area (Å²) in [6, 6.07) is 38.9. The van der Waals surface area contributed by atoms with Gasteiger partial charge in [-0.2, -0.15) is 0 Å². The van der Waals surface area contributed by atoms with Crippen molar-refractivity contribution in [2.75, 3.05) is 4.90 Å². The Morgan fingerprint density at radius 3 is 1.39 bits per heavy atom. The Bertz CT molecular complexity index is 2120. The number of amides is 2. The zero-order valence-electron chi connectivity index (χ0n) is 27.2. The lowest BCUT2D eigenvalue weighted by molar-refractivity contribution is -0.384. The summed E-state index contributed by atoms with van der Waals surface area (Å²) in [6.07, 6.45) is 0. The number of benzene rings is 5. The molecule has 2 fully saturated rings. The SMILES string of the molecule is Cc1ccc(C2=C(c3ccc(C)cc3)[C@@]3(c4ccccc4)C(=O)[C@@]2(c2ccccc2)[C@@H]2C(=O)N(c4ccc(C)cc4[N+](=O)[O-])C(=O)[C@@H]23)cc1. The zero-order chi connectivity index (χ0) is 34.2. The third-order valence-corrected chi connectivity index (χ3v) is 10.7. The first-order valence-electron chi connectivity index (χ1n) is 16.3. The van der Waals surface area contributed by atoms with Gasteiger partial charge in [-0.25, -0.2) is 4.90 Å². The van der Waals surface area contributed by atoms with Crippen molar-refractivity contribution < 1.29 is 19.3 Å². The van der Waals surface area contributed by atoms with Gasteiger partial charge in [0, 0.05) is 6.07 Å². The van der Waals surface area contributed by atoms with Crippen LogP contribution in [0.25, 0.3) is 11.1 Å². The number of carbonyl (C=O) groups is 3. The van der Waals surface area contributed by atoms with Crippen molar-refractivity contribution in [3.63, 3.8) is 0 Å². The molecule has 0 radical (unpaired) electrons. The predicted octanol–water partition coefficient (Wildman–Crippen LogP) is 7.71. The van der Waals surface area contributed by atoms with Crippen LogP contribution in [-0.4, -0.2) is 22.5 Å². The fraction of sp³-hybridized carbons (Fsp3) is 0.167. The van der Waals surface area contributed by atoms with Crippen LogP contribution < -0.4 is 4.90 Å².